The Labute approximate surface area is 98.8 Å². The van der Waals surface area contributed by atoms with Gasteiger partial charge in [-0.2, -0.15) is 0 Å². The molecule has 0 amide bonds. The average Bonchev–Trinajstić information content (AvgIpc) is 2.64. The fourth-order valence-electron chi connectivity index (χ4n) is 2.09. The Morgan fingerprint density at radius 2 is 2.12 bits per heavy atom. The highest BCUT2D eigenvalue weighted by Crippen LogP contribution is 2.36. The van der Waals surface area contributed by atoms with Gasteiger partial charge in [0.15, 0.2) is 0 Å². The van der Waals surface area contributed by atoms with Crippen molar-refractivity contribution in [3.8, 4) is 11.5 Å². The predicted octanol–water partition coefficient (Wildman–Crippen LogP) is 0.672. The lowest BCUT2D eigenvalue weighted by atomic mass is 10.1. The third-order valence-corrected chi connectivity index (χ3v) is 2.87. The Morgan fingerprint density at radius 1 is 1.41 bits per heavy atom. The number of nitrogens with two attached hydrogens (primary N) is 1. The first-order valence-electron chi connectivity index (χ1n) is 5.52. The minimum absolute atomic E-state index is 0.000115. The van der Waals surface area contributed by atoms with Crippen molar-refractivity contribution < 1.29 is 19.7 Å². The summed E-state index contributed by atoms with van der Waals surface area (Å²) in [5, 5.41) is 18.2. The van der Waals surface area contributed by atoms with Gasteiger partial charge in [-0.25, -0.2) is 0 Å². The van der Waals surface area contributed by atoms with Gasteiger partial charge in [0.2, 0.25) is 0 Å². The molecule has 2 rings (SSSR count). The van der Waals surface area contributed by atoms with Crippen LogP contribution in [0.15, 0.2) is 12.1 Å². The Bertz CT molecular complexity index is 444. The van der Waals surface area contributed by atoms with E-state index in [1.54, 1.807) is 12.1 Å². The standard InChI is InChI=1S/C12H15NO4/c13-7-5-8-9(6-7)11(2-1-10(8)14)17-4-3-12(15)16/h1-2,7,14H,3-6,13H2,(H,15,16). The zero-order valence-electron chi connectivity index (χ0n) is 9.35. The zero-order valence-corrected chi connectivity index (χ0v) is 9.35. The molecule has 0 radical (unpaired) electrons. The Hall–Kier alpha value is -1.75. The van der Waals surface area contributed by atoms with Gasteiger partial charge in [-0.15, -0.1) is 0 Å². The molecule has 17 heavy (non-hydrogen) atoms. The van der Waals surface area contributed by atoms with E-state index in [1.807, 2.05) is 0 Å². The van der Waals surface area contributed by atoms with Gasteiger partial charge in [-0.1, -0.05) is 0 Å². The van der Waals surface area contributed by atoms with Crippen molar-refractivity contribution >= 4 is 5.97 Å². The monoisotopic (exact) mass is 237 g/mol. The zero-order chi connectivity index (χ0) is 12.4. The van der Waals surface area contributed by atoms with Crippen LogP contribution in [0.5, 0.6) is 11.5 Å². The van der Waals surface area contributed by atoms with E-state index in [4.69, 9.17) is 15.6 Å². The number of ether oxygens (including phenoxy) is 1. The predicted molar refractivity (Wildman–Crippen MR) is 61.2 cm³/mol. The van der Waals surface area contributed by atoms with E-state index in [0.717, 1.165) is 11.1 Å². The fourth-order valence-corrected chi connectivity index (χ4v) is 2.09. The molecule has 1 atom stereocenters. The van der Waals surface area contributed by atoms with E-state index in [9.17, 15) is 9.90 Å². The summed E-state index contributed by atoms with van der Waals surface area (Å²) in [6, 6.07) is 3.22. The van der Waals surface area contributed by atoms with Crippen LogP contribution in [0, 0.1) is 0 Å². The number of hydrogen-bond acceptors (Lipinski definition) is 4. The highest BCUT2D eigenvalue weighted by molar-refractivity contribution is 5.66. The largest absolute Gasteiger partial charge is 0.508 e. The van der Waals surface area contributed by atoms with Crippen LogP contribution in [-0.4, -0.2) is 28.8 Å². The van der Waals surface area contributed by atoms with Gasteiger partial charge in [0.1, 0.15) is 11.5 Å². The van der Waals surface area contributed by atoms with Crippen molar-refractivity contribution in [2.45, 2.75) is 25.3 Å². The number of aliphatic carboxylic acids is 1. The first-order chi connectivity index (χ1) is 8.08. The van der Waals surface area contributed by atoms with Gasteiger partial charge >= 0.3 is 5.97 Å². The molecular weight excluding hydrogens is 222 g/mol. The molecule has 1 aromatic carbocycles. The molecule has 0 aliphatic heterocycles. The number of aromatic hydroxyl groups is 1. The number of hydrogen-bond donors (Lipinski definition) is 3. The second kappa shape index (κ2) is 4.63. The lowest BCUT2D eigenvalue weighted by Crippen LogP contribution is -2.19. The summed E-state index contributed by atoms with van der Waals surface area (Å²) in [6.45, 7) is 0.127. The van der Waals surface area contributed by atoms with Crippen molar-refractivity contribution in [2.24, 2.45) is 5.73 Å². The van der Waals surface area contributed by atoms with Crippen molar-refractivity contribution in [1.82, 2.24) is 0 Å². The highest BCUT2D eigenvalue weighted by atomic mass is 16.5. The van der Waals surface area contributed by atoms with Crippen LogP contribution in [0.2, 0.25) is 0 Å². The number of phenols is 1. The summed E-state index contributed by atoms with van der Waals surface area (Å²) < 4.78 is 5.42. The number of carbonyl (C=O) groups is 1. The van der Waals surface area contributed by atoms with E-state index in [0.29, 0.717) is 18.6 Å². The number of rotatable bonds is 4. The van der Waals surface area contributed by atoms with Crippen molar-refractivity contribution in [1.29, 1.82) is 0 Å². The van der Waals surface area contributed by atoms with Gasteiger partial charge in [0, 0.05) is 17.2 Å². The molecule has 0 aromatic heterocycles. The first kappa shape index (κ1) is 11.7. The summed E-state index contributed by atoms with van der Waals surface area (Å²) in [6.07, 6.45) is 1.26. The molecule has 5 nitrogen and oxygen atoms in total. The Kier molecular flexibility index (Phi) is 3.19. The molecule has 0 heterocycles. The van der Waals surface area contributed by atoms with E-state index in [1.165, 1.54) is 0 Å². The number of carboxylic acid groups (broad SMARTS) is 1. The minimum atomic E-state index is -0.892. The average molecular weight is 237 g/mol. The summed E-state index contributed by atoms with van der Waals surface area (Å²) in [7, 11) is 0. The van der Waals surface area contributed by atoms with Crippen LogP contribution in [0.4, 0.5) is 0 Å². The molecule has 1 unspecified atom stereocenters. The maximum Gasteiger partial charge on any atom is 0.306 e. The number of carboxylic acids is 1. The van der Waals surface area contributed by atoms with Crippen LogP contribution in [-0.2, 0) is 17.6 Å². The summed E-state index contributed by atoms with van der Waals surface area (Å²) in [5.74, 6) is -0.0253. The molecule has 0 spiro atoms. The maximum absolute atomic E-state index is 10.4. The minimum Gasteiger partial charge on any atom is -0.508 e. The van der Waals surface area contributed by atoms with Gasteiger partial charge in [-0.05, 0) is 25.0 Å². The number of benzene rings is 1. The van der Waals surface area contributed by atoms with Crippen LogP contribution in [0.1, 0.15) is 17.5 Å². The van der Waals surface area contributed by atoms with E-state index in [2.05, 4.69) is 0 Å². The quantitative estimate of drug-likeness (QED) is 0.715. The smallest absolute Gasteiger partial charge is 0.306 e. The fraction of sp³-hybridized carbons (Fsp3) is 0.417. The van der Waals surface area contributed by atoms with E-state index < -0.39 is 5.97 Å². The third-order valence-electron chi connectivity index (χ3n) is 2.87. The van der Waals surface area contributed by atoms with Gasteiger partial charge in [-0.3, -0.25) is 4.79 Å². The lowest BCUT2D eigenvalue weighted by Gasteiger charge is -2.10. The summed E-state index contributed by atoms with van der Waals surface area (Å²) >= 11 is 0. The summed E-state index contributed by atoms with van der Waals surface area (Å²) in [5.41, 5.74) is 7.57. The lowest BCUT2D eigenvalue weighted by molar-refractivity contribution is -0.137. The third kappa shape index (κ3) is 2.50. The van der Waals surface area contributed by atoms with E-state index >= 15 is 0 Å². The molecule has 0 saturated carbocycles. The van der Waals surface area contributed by atoms with Gasteiger partial charge in [0.25, 0.3) is 0 Å². The maximum atomic E-state index is 10.4. The van der Waals surface area contributed by atoms with Crippen molar-refractivity contribution in [2.75, 3.05) is 6.61 Å². The molecule has 5 heteroatoms. The SMILES string of the molecule is NC1Cc2c(O)ccc(OCCC(=O)O)c2C1. The van der Waals surface area contributed by atoms with Crippen LogP contribution in [0.3, 0.4) is 0 Å². The van der Waals surface area contributed by atoms with E-state index in [-0.39, 0.29) is 24.8 Å². The van der Waals surface area contributed by atoms with Gasteiger partial charge < -0.3 is 20.7 Å². The second-order valence-electron chi connectivity index (χ2n) is 4.20. The topological polar surface area (TPSA) is 92.8 Å². The number of fused-ring (bicyclic) bond motifs is 1. The molecule has 92 valence electrons. The number of phenolic OH excluding ortho intramolecular Hbond substituents is 1. The molecule has 1 aliphatic carbocycles. The van der Waals surface area contributed by atoms with Gasteiger partial charge in [0.05, 0.1) is 13.0 Å². The molecule has 1 aromatic rings. The molecule has 4 N–H and O–H groups in total. The normalized spacial score (nSPS) is 17.8. The first-order valence-corrected chi connectivity index (χ1v) is 5.52. The highest BCUT2D eigenvalue weighted by Gasteiger charge is 2.24. The Morgan fingerprint density at radius 3 is 2.82 bits per heavy atom. The molecular formula is C12H15NO4. The summed E-state index contributed by atoms with van der Waals surface area (Å²) in [4.78, 5) is 10.4. The van der Waals surface area contributed by atoms with Crippen LogP contribution >= 0.6 is 0 Å². The van der Waals surface area contributed by atoms with Crippen molar-refractivity contribution in [3.05, 3.63) is 23.3 Å². The second-order valence-corrected chi connectivity index (χ2v) is 4.20. The van der Waals surface area contributed by atoms with Crippen LogP contribution < -0.4 is 10.5 Å². The molecule has 1 aliphatic rings. The molecule has 0 bridgehead atoms. The van der Waals surface area contributed by atoms with Crippen LogP contribution in [0.25, 0.3) is 0 Å². The van der Waals surface area contributed by atoms with Crippen molar-refractivity contribution in [3.63, 3.8) is 0 Å². The molecule has 0 fully saturated rings. The Balaban J connectivity index is 2.14. The molecule has 0 saturated heterocycles.